The van der Waals surface area contributed by atoms with Crippen molar-refractivity contribution < 1.29 is 12.8 Å². The highest BCUT2D eigenvalue weighted by molar-refractivity contribution is 7.90. The maximum atomic E-state index is 13.7. The SMILES string of the molecule is Cn1nc(-c2cccc(F)c2S(C)(=O)=O)cc1N. The number of sulfone groups is 1. The van der Waals surface area contributed by atoms with Crippen molar-refractivity contribution in [3.63, 3.8) is 0 Å². The van der Waals surface area contributed by atoms with Crippen LogP contribution in [0.15, 0.2) is 29.2 Å². The van der Waals surface area contributed by atoms with Gasteiger partial charge in [0.25, 0.3) is 0 Å². The van der Waals surface area contributed by atoms with Crippen LogP contribution in [0.4, 0.5) is 10.2 Å². The van der Waals surface area contributed by atoms with Gasteiger partial charge in [-0.2, -0.15) is 5.10 Å². The van der Waals surface area contributed by atoms with Crippen molar-refractivity contribution in [2.24, 2.45) is 7.05 Å². The molecule has 0 aliphatic rings. The minimum absolute atomic E-state index is 0.213. The lowest BCUT2D eigenvalue weighted by Crippen LogP contribution is -2.04. The molecule has 0 atom stereocenters. The first-order valence-corrected chi connectivity index (χ1v) is 6.98. The van der Waals surface area contributed by atoms with Crippen LogP contribution in [0.2, 0.25) is 0 Å². The predicted molar refractivity (Wildman–Crippen MR) is 66.1 cm³/mol. The lowest BCUT2D eigenvalue weighted by Gasteiger charge is -2.06. The van der Waals surface area contributed by atoms with E-state index >= 15 is 0 Å². The summed E-state index contributed by atoms with van der Waals surface area (Å²) < 4.78 is 38.4. The molecule has 0 bridgehead atoms. The third-order valence-corrected chi connectivity index (χ3v) is 3.69. The number of rotatable bonds is 2. The van der Waals surface area contributed by atoms with E-state index in [0.29, 0.717) is 11.5 Å². The molecular formula is C11H12FN3O2S. The quantitative estimate of drug-likeness (QED) is 0.889. The summed E-state index contributed by atoms with van der Waals surface area (Å²) in [5.41, 5.74) is 6.17. The Bertz CT molecular complexity index is 688. The molecule has 0 aliphatic heterocycles. The zero-order valence-electron chi connectivity index (χ0n) is 9.88. The largest absolute Gasteiger partial charge is 0.384 e. The molecule has 0 spiro atoms. The number of nitrogen functional groups attached to an aromatic ring is 1. The second-order valence-electron chi connectivity index (χ2n) is 3.97. The number of aryl methyl sites for hydroxylation is 1. The molecule has 0 saturated heterocycles. The predicted octanol–water partition coefficient (Wildman–Crippen LogP) is 1.21. The van der Waals surface area contributed by atoms with Gasteiger partial charge >= 0.3 is 0 Å². The van der Waals surface area contributed by atoms with E-state index in [0.717, 1.165) is 12.3 Å². The third kappa shape index (κ3) is 2.08. The third-order valence-electron chi connectivity index (χ3n) is 2.53. The smallest absolute Gasteiger partial charge is 0.179 e. The molecule has 96 valence electrons. The molecule has 5 nitrogen and oxygen atoms in total. The van der Waals surface area contributed by atoms with E-state index in [1.165, 1.54) is 22.9 Å². The van der Waals surface area contributed by atoms with Crippen LogP contribution in [0.3, 0.4) is 0 Å². The fourth-order valence-corrected chi connectivity index (χ4v) is 2.70. The van der Waals surface area contributed by atoms with Gasteiger partial charge in [-0.25, -0.2) is 12.8 Å². The van der Waals surface area contributed by atoms with Gasteiger partial charge in [0.2, 0.25) is 0 Å². The summed E-state index contributed by atoms with van der Waals surface area (Å²) in [4.78, 5) is -0.358. The molecule has 1 aromatic carbocycles. The summed E-state index contributed by atoms with van der Waals surface area (Å²) in [6.45, 7) is 0. The molecule has 0 unspecified atom stereocenters. The Kier molecular flexibility index (Phi) is 2.86. The molecule has 0 aliphatic carbocycles. The number of halogens is 1. The van der Waals surface area contributed by atoms with Gasteiger partial charge in [0.15, 0.2) is 9.84 Å². The Balaban J connectivity index is 2.76. The van der Waals surface area contributed by atoms with Gasteiger partial charge < -0.3 is 5.73 Å². The van der Waals surface area contributed by atoms with Gasteiger partial charge in [0.1, 0.15) is 16.5 Å². The number of hydrogen-bond donors (Lipinski definition) is 1. The molecule has 0 fully saturated rings. The van der Waals surface area contributed by atoms with E-state index in [-0.39, 0.29) is 10.5 Å². The Morgan fingerprint density at radius 2 is 2.06 bits per heavy atom. The highest BCUT2D eigenvalue weighted by Gasteiger charge is 2.21. The van der Waals surface area contributed by atoms with Crippen LogP contribution >= 0.6 is 0 Å². The van der Waals surface area contributed by atoms with E-state index in [9.17, 15) is 12.8 Å². The summed E-state index contributed by atoms with van der Waals surface area (Å²) in [6.07, 6.45) is 0.960. The molecule has 0 amide bonds. The summed E-state index contributed by atoms with van der Waals surface area (Å²) in [5, 5.41) is 4.06. The number of nitrogens with two attached hydrogens (primary N) is 1. The van der Waals surface area contributed by atoms with Crippen LogP contribution < -0.4 is 5.73 Å². The topological polar surface area (TPSA) is 78.0 Å². The Morgan fingerprint density at radius 1 is 1.39 bits per heavy atom. The molecule has 2 aromatic rings. The number of aromatic nitrogens is 2. The normalized spacial score (nSPS) is 11.7. The van der Waals surface area contributed by atoms with Crippen molar-refractivity contribution in [2.45, 2.75) is 4.90 Å². The number of anilines is 1. The van der Waals surface area contributed by atoms with Gasteiger partial charge in [0, 0.05) is 24.9 Å². The number of hydrogen-bond acceptors (Lipinski definition) is 4. The molecule has 0 radical (unpaired) electrons. The molecule has 7 heteroatoms. The Labute approximate surface area is 104 Å². The minimum atomic E-state index is -3.68. The van der Waals surface area contributed by atoms with Crippen LogP contribution in [0, 0.1) is 5.82 Å². The second-order valence-corrected chi connectivity index (χ2v) is 5.92. The Hall–Kier alpha value is -1.89. The van der Waals surface area contributed by atoms with Gasteiger partial charge in [0.05, 0.1) is 5.69 Å². The zero-order valence-corrected chi connectivity index (χ0v) is 10.7. The maximum absolute atomic E-state index is 13.7. The molecule has 0 saturated carbocycles. The maximum Gasteiger partial charge on any atom is 0.179 e. The van der Waals surface area contributed by atoms with Crippen LogP contribution in [-0.4, -0.2) is 24.5 Å². The van der Waals surface area contributed by atoms with E-state index in [4.69, 9.17) is 5.73 Å². The van der Waals surface area contributed by atoms with E-state index in [1.807, 2.05) is 0 Å². The molecule has 2 rings (SSSR count). The van der Waals surface area contributed by atoms with Crippen molar-refractivity contribution in [1.29, 1.82) is 0 Å². The van der Waals surface area contributed by atoms with Crippen molar-refractivity contribution in [3.8, 4) is 11.3 Å². The zero-order chi connectivity index (χ0) is 13.5. The molecular weight excluding hydrogens is 257 g/mol. The van der Waals surface area contributed by atoms with E-state index in [1.54, 1.807) is 7.05 Å². The first kappa shape index (κ1) is 12.6. The first-order chi connectivity index (χ1) is 8.30. The summed E-state index contributed by atoms with van der Waals surface area (Å²) >= 11 is 0. The standard InChI is InChI=1S/C11H12FN3O2S/c1-15-10(13)6-9(14-15)7-4-3-5-8(12)11(7)18(2,16)17/h3-6H,13H2,1-2H3. The summed E-state index contributed by atoms with van der Waals surface area (Å²) in [7, 11) is -2.06. The van der Waals surface area contributed by atoms with E-state index < -0.39 is 15.7 Å². The molecule has 2 N–H and O–H groups in total. The van der Waals surface area contributed by atoms with Crippen molar-refractivity contribution >= 4 is 15.7 Å². The minimum Gasteiger partial charge on any atom is -0.384 e. The van der Waals surface area contributed by atoms with Gasteiger partial charge in [-0.15, -0.1) is 0 Å². The monoisotopic (exact) mass is 269 g/mol. The van der Waals surface area contributed by atoms with Crippen LogP contribution in [-0.2, 0) is 16.9 Å². The summed E-state index contributed by atoms with van der Waals surface area (Å²) in [6, 6.07) is 5.54. The average Bonchev–Trinajstić information content (AvgIpc) is 2.57. The Morgan fingerprint density at radius 3 is 2.56 bits per heavy atom. The molecule has 1 heterocycles. The van der Waals surface area contributed by atoms with Crippen LogP contribution in [0.25, 0.3) is 11.3 Å². The van der Waals surface area contributed by atoms with Crippen molar-refractivity contribution in [3.05, 3.63) is 30.1 Å². The molecule has 18 heavy (non-hydrogen) atoms. The van der Waals surface area contributed by atoms with Crippen molar-refractivity contribution in [1.82, 2.24) is 9.78 Å². The van der Waals surface area contributed by atoms with Crippen LogP contribution in [0.5, 0.6) is 0 Å². The lowest BCUT2D eigenvalue weighted by atomic mass is 10.1. The van der Waals surface area contributed by atoms with Crippen LogP contribution in [0.1, 0.15) is 0 Å². The second kappa shape index (κ2) is 4.09. The fourth-order valence-electron chi connectivity index (χ4n) is 1.70. The fraction of sp³-hybridized carbons (Fsp3) is 0.182. The molecule has 1 aromatic heterocycles. The average molecular weight is 269 g/mol. The lowest BCUT2D eigenvalue weighted by molar-refractivity contribution is 0.571. The van der Waals surface area contributed by atoms with Gasteiger partial charge in [-0.05, 0) is 6.07 Å². The van der Waals surface area contributed by atoms with Gasteiger partial charge in [-0.3, -0.25) is 4.68 Å². The van der Waals surface area contributed by atoms with E-state index in [2.05, 4.69) is 5.10 Å². The van der Waals surface area contributed by atoms with Gasteiger partial charge in [-0.1, -0.05) is 12.1 Å². The van der Waals surface area contributed by atoms with Crippen molar-refractivity contribution in [2.75, 3.05) is 12.0 Å². The number of benzene rings is 1. The highest BCUT2D eigenvalue weighted by atomic mass is 32.2. The highest BCUT2D eigenvalue weighted by Crippen LogP contribution is 2.29. The summed E-state index contributed by atoms with van der Waals surface area (Å²) in [5.74, 6) is -0.423. The first-order valence-electron chi connectivity index (χ1n) is 5.09. The number of nitrogens with zero attached hydrogens (tertiary/aromatic N) is 2.